The van der Waals surface area contributed by atoms with Gasteiger partial charge in [-0.2, -0.15) is 0 Å². The van der Waals surface area contributed by atoms with Crippen LogP contribution in [-0.2, 0) is 10.2 Å². The SMILES string of the molecule is CC1CCCCC1(C(N)=O)c1cc2ccccc2[nH]c1=O. The van der Waals surface area contributed by atoms with Gasteiger partial charge in [-0.15, -0.1) is 0 Å². The number of nitrogens with one attached hydrogen (secondary N) is 1. The van der Waals surface area contributed by atoms with Gasteiger partial charge in [0.05, 0.1) is 5.41 Å². The highest BCUT2D eigenvalue weighted by Gasteiger charge is 2.46. The van der Waals surface area contributed by atoms with Crippen LogP contribution >= 0.6 is 0 Å². The number of amides is 1. The van der Waals surface area contributed by atoms with Gasteiger partial charge >= 0.3 is 0 Å². The Morgan fingerprint density at radius 3 is 2.81 bits per heavy atom. The van der Waals surface area contributed by atoms with Crippen molar-refractivity contribution in [1.29, 1.82) is 0 Å². The number of aromatic nitrogens is 1. The number of benzene rings is 1. The Morgan fingerprint density at radius 2 is 2.10 bits per heavy atom. The Balaban J connectivity index is 2.27. The monoisotopic (exact) mass is 284 g/mol. The fourth-order valence-electron chi connectivity index (χ4n) is 3.72. The van der Waals surface area contributed by atoms with E-state index in [9.17, 15) is 9.59 Å². The number of carbonyl (C=O) groups is 1. The van der Waals surface area contributed by atoms with Crippen LogP contribution in [0.5, 0.6) is 0 Å². The molecule has 0 radical (unpaired) electrons. The summed E-state index contributed by atoms with van der Waals surface area (Å²) in [6, 6.07) is 9.45. The minimum absolute atomic E-state index is 0.0889. The van der Waals surface area contributed by atoms with Crippen LogP contribution in [0.25, 0.3) is 10.9 Å². The lowest BCUT2D eigenvalue weighted by atomic mass is 9.63. The minimum Gasteiger partial charge on any atom is -0.369 e. The van der Waals surface area contributed by atoms with Gasteiger partial charge in [-0.05, 0) is 36.3 Å². The van der Waals surface area contributed by atoms with Crippen molar-refractivity contribution in [2.24, 2.45) is 11.7 Å². The number of hydrogen-bond acceptors (Lipinski definition) is 2. The van der Waals surface area contributed by atoms with Gasteiger partial charge in [-0.3, -0.25) is 9.59 Å². The van der Waals surface area contributed by atoms with Crippen molar-refractivity contribution < 1.29 is 4.79 Å². The van der Waals surface area contributed by atoms with Crippen molar-refractivity contribution in [3.8, 4) is 0 Å². The summed E-state index contributed by atoms with van der Waals surface area (Å²) < 4.78 is 0. The molecular weight excluding hydrogens is 264 g/mol. The number of primary amides is 1. The maximum Gasteiger partial charge on any atom is 0.252 e. The largest absolute Gasteiger partial charge is 0.369 e. The summed E-state index contributed by atoms with van der Waals surface area (Å²) in [6.45, 7) is 2.03. The first kappa shape index (κ1) is 13.9. The molecule has 4 heteroatoms. The van der Waals surface area contributed by atoms with Gasteiger partial charge in [0.2, 0.25) is 5.91 Å². The number of H-pyrrole nitrogens is 1. The smallest absolute Gasteiger partial charge is 0.252 e. The molecule has 1 saturated carbocycles. The number of pyridine rings is 1. The zero-order valence-electron chi connectivity index (χ0n) is 12.2. The van der Waals surface area contributed by atoms with Crippen molar-refractivity contribution in [2.75, 3.05) is 0 Å². The lowest BCUT2D eigenvalue weighted by Crippen LogP contribution is -2.50. The zero-order chi connectivity index (χ0) is 15.0. The van der Waals surface area contributed by atoms with Crippen LogP contribution in [0.3, 0.4) is 0 Å². The molecule has 3 N–H and O–H groups in total. The molecule has 1 aromatic carbocycles. The van der Waals surface area contributed by atoms with Crippen LogP contribution in [0.4, 0.5) is 0 Å². The molecule has 0 bridgehead atoms. The molecule has 1 aliphatic rings. The molecule has 0 aliphatic heterocycles. The lowest BCUT2D eigenvalue weighted by molar-refractivity contribution is -0.126. The van der Waals surface area contributed by atoms with E-state index >= 15 is 0 Å². The van der Waals surface area contributed by atoms with Crippen LogP contribution in [0.2, 0.25) is 0 Å². The maximum atomic E-state index is 12.5. The normalized spacial score (nSPS) is 25.9. The number of rotatable bonds is 2. The fraction of sp³-hybridized carbons (Fsp3) is 0.412. The number of fused-ring (bicyclic) bond motifs is 1. The topological polar surface area (TPSA) is 76.0 Å². The molecule has 110 valence electrons. The summed E-state index contributed by atoms with van der Waals surface area (Å²) >= 11 is 0. The Hall–Kier alpha value is -2.10. The molecule has 0 saturated heterocycles. The van der Waals surface area contributed by atoms with E-state index in [-0.39, 0.29) is 17.4 Å². The van der Waals surface area contributed by atoms with E-state index in [4.69, 9.17) is 5.73 Å². The second-order valence-electron chi connectivity index (χ2n) is 6.08. The first-order valence-electron chi connectivity index (χ1n) is 7.48. The van der Waals surface area contributed by atoms with Gasteiger partial charge in [-0.25, -0.2) is 0 Å². The molecule has 21 heavy (non-hydrogen) atoms. The van der Waals surface area contributed by atoms with Gasteiger partial charge in [0, 0.05) is 11.1 Å². The van der Waals surface area contributed by atoms with E-state index in [0.717, 1.165) is 30.2 Å². The quantitative estimate of drug-likeness (QED) is 0.888. The van der Waals surface area contributed by atoms with E-state index in [0.29, 0.717) is 12.0 Å². The Kier molecular flexibility index (Phi) is 3.32. The van der Waals surface area contributed by atoms with Gasteiger partial charge in [0.25, 0.3) is 5.56 Å². The molecule has 4 nitrogen and oxygen atoms in total. The average molecular weight is 284 g/mol. The third kappa shape index (κ3) is 2.06. The third-order valence-electron chi connectivity index (χ3n) is 4.97. The number of aromatic amines is 1. The van der Waals surface area contributed by atoms with Crippen molar-refractivity contribution in [3.05, 3.63) is 46.2 Å². The summed E-state index contributed by atoms with van der Waals surface area (Å²) in [5, 5.41) is 0.936. The maximum absolute atomic E-state index is 12.5. The van der Waals surface area contributed by atoms with Gasteiger partial charge in [0.1, 0.15) is 0 Å². The van der Waals surface area contributed by atoms with Crippen molar-refractivity contribution in [3.63, 3.8) is 0 Å². The summed E-state index contributed by atoms with van der Waals surface area (Å²) in [5.74, 6) is -0.290. The van der Waals surface area contributed by atoms with E-state index in [1.54, 1.807) is 0 Å². The number of para-hydroxylation sites is 1. The summed E-state index contributed by atoms with van der Waals surface area (Å²) in [7, 11) is 0. The Labute approximate surface area is 123 Å². The summed E-state index contributed by atoms with van der Waals surface area (Å²) in [6.07, 6.45) is 3.60. The Bertz CT molecular complexity index is 750. The molecular formula is C17H20N2O2. The molecule has 1 aliphatic carbocycles. The predicted octanol–water partition coefficient (Wildman–Crippen LogP) is 2.46. The molecule has 1 aromatic heterocycles. The lowest BCUT2D eigenvalue weighted by Gasteiger charge is -2.39. The van der Waals surface area contributed by atoms with E-state index < -0.39 is 5.41 Å². The van der Waals surface area contributed by atoms with Crippen LogP contribution in [0.1, 0.15) is 38.2 Å². The van der Waals surface area contributed by atoms with Gasteiger partial charge in [0.15, 0.2) is 0 Å². The van der Waals surface area contributed by atoms with Gasteiger partial charge in [-0.1, -0.05) is 38.0 Å². The minimum atomic E-state index is -0.837. The highest BCUT2D eigenvalue weighted by molar-refractivity contribution is 5.89. The van der Waals surface area contributed by atoms with E-state index in [2.05, 4.69) is 4.98 Å². The molecule has 2 unspecified atom stereocenters. The zero-order valence-corrected chi connectivity index (χ0v) is 12.2. The highest BCUT2D eigenvalue weighted by atomic mass is 16.1. The van der Waals surface area contributed by atoms with Crippen molar-refractivity contribution in [2.45, 2.75) is 38.0 Å². The second-order valence-corrected chi connectivity index (χ2v) is 6.08. The Morgan fingerprint density at radius 1 is 1.33 bits per heavy atom. The summed E-state index contributed by atoms with van der Waals surface area (Å²) in [4.78, 5) is 27.7. The van der Waals surface area contributed by atoms with E-state index in [1.807, 2.05) is 37.3 Å². The van der Waals surface area contributed by atoms with Crippen LogP contribution in [-0.4, -0.2) is 10.9 Å². The third-order valence-corrected chi connectivity index (χ3v) is 4.97. The molecule has 1 heterocycles. The second kappa shape index (κ2) is 5.02. The highest BCUT2D eigenvalue weighted by Crippen LogP contribution is 2.42. The summed E-state index contributed by atoms with van der Waals surface area (Å²) in [5.41, 5.74) is 6.03. The number of hydrogen-bond donors (Lipinski definition) is 2. The molecule has 3 rings (SSSR count). The first-order chi connectivity index (χ1) is 10.1. The predicted molar refractivity (Wildman–Crippen MR) is 83.1 cm³/mol. The molecule has 2 atom stereocenters. The molecule has 0 spiro atoms. The van der Waals surface area contributed by atoms with Gasteiger partial charge < -0.3 is 10.7 Å². The molecule has 1 amide bonds. The van der Waals surface area contributed by atoms with Crippen LogP contribution < -0.4 is 11.3 Å². The molecule has 2 aromatic rings. The van der Waals surface area contributed by atoms with E-state index in [1.165, 1.54) is 0 Å². The molecule has 1 fully saturated rings. The number of nitrogens with two attached hydrogens (primary N) is 1. The standard InChI is InChI=1S/C17H20N2O2/c1-11-6-4-5-9-17(11,16(18)21)13-10-12-7-2-3-8-14(12)19-15(13)20/h2-3,7-8,10-11H,4-6,9H2,1H3,(H2,18,21)(H,19,20). The average Bonchev–Trinajstić information content (AvgIpc) is 2.47. The van der Waals surface area contributed by atoms with Crippen LogP contribution in [0.15, 0.2) is 35.1 Å². The first-order valence-corrected chi connectivity index (χ1v) is 7.48. The van der Waals surface area contributed by atoms with Crippen LogP contribution in [0, 0.1) is 5.92 Å². The fourth-order valence-corrected chi connectivity index (χ4v) is 3.72. The number of carbonyl (C=O) groups excluding carboxylic acids is 1. The van der Waals surface area contributed by atoms with Crippen molar-refractivity contribution in [1.82, 2.24) is 4.98 Å². The van der Waals surface area contributed by atoms with Crippen molar-refractivity contribution >= 4 is 16.8 Å².